The first kappa shape index (κ1) is 32.2. The molecule has 8 nitrogen and oxygen atoms in total. The number of unbranched alkanes of at least 4 members (excludes halogenated alkanes) is 4. The third-order valence-electron chi connectivity index (χ3n) is 8.46. The molecule has 2 N–H and O–H groups in total. The Bertz CT molecular complexity index is 1120. The maximum Gasteiger partial charge on any atom is 0.255 e. The Hall–Kier alpha value is -3.68. The lowest BCUT2D eigenvalue weighted by atomic mass is 10.1. The van der Waals surface area contributed by atoms with Gasteiger partial charge in [0.25, 0.3) is 11.8 Å². The van der Waals surface area contributed by atoms with Crippen LogP contribution in [0.3, 0.4) is 0 Å². The molecule has 2 aliphatic rings. The monoisotopic (exact) mass is 588 g/mol. The van der Waals surface area contributed by atoms with E-state index in [4.69, 9.17) is 0 Å². The van der Waals surface area contributed by atoms with E-state index in [1.54, 1.807) is 24.3 Å². The summed E-state index contributed by atoms with van der Waals surface area (Å²) in [5, 5.41) is 5.91. The number of rotatable bonds is 12. The lowest BCUT2D eigenvalue weighted by Gasteiger charge is -2.22. The molecule has 0 radical (unpaired) electrons. The Morgan fingerprint density at radius 3 is 1.23 bits per heavy atom. The van der Waals surface area contributed by atoms with E-state index >= 15 is 0 Å². The first-order valence-electron chi connectivity index (χ1n) is 16.4. The molecule has 232 valence electrons. The molecule has 2 aliphatic heterocycles. The topological polar surface area (TPSA) is 98.8 Å². The Labute approximate surface area is 256 Å². The molecular formula is C35H48N4O4. The van der Waals surface area contributed by atoms with Crippen molar-refractivity contribution in [3.05, 3.63) is 59.7 Å². The van der Waals surface area contributed by atoms with Crippen LogP contribution in [0, 0.1) is 0 Å². The molecule has 2 saturated heterocycles. The van der Waals surface area contributed by atoms with Crippen LogP contribution in [-0.4, -0.2) is 59.6 Å². The number of likely N-dealkylation sites (tertiary alicyclic amines) is 2. The highest BCUT2D eigenvalue weighted by molar-refractivity contribution is 6.04. The molecule has 0 unspecified atom stereocenters. The summed E-state index contributed by atoms with van der Waals surface area (Å²) in [4.78, 5) is 55.4. The van der Waals surface area contributed by atoms with Crippen molar-refractivity contribution in [2.45, 2.75) is 96.3 Å². The highest BCUT2D eigenvalue weighted by atomic mass is 16.2. The summed E-state index contributed by atoms with van der Waals surface area (Å²) in [5.74, 6) is -0.170. The van der Waals surface area contributed by atoms with Gasteiger partial charge in [-0.1, -0.05) is 69.2 Å². The molecule has 2 heterocycles. The maximum atomic E-state index is 13.1. The fraction of sp³-hybridized carbons (Fsp3) is 0.543. The van der Waals surface area contributed by atoms with Gasteiger partial charge in [0.05, 0.1) is 22.5 Å². The number of amides is 4. The molecule has 4 amide bonds. The van der Waals surface area contributed by atoms with E-state index in [2.05, 4.69) is 10.6 Å². The number of nitrogens with one attached hydrogen (secondary N) is 2. The van der Waals surface area contributed by atoms with Crippen molar-refractivity contribution >= 4 is 35.0 Å². The van der Waals surface area contributed by atoms with Crippen molar-refractivity contribution in [1.82, 2.24) is 9.80 Å². The molecule has 8 heteroatoms. The predicted molar refractivity (Wildman–Crippen MR) is 171 cm³/mol. The standard InChI is InChI=1S/C35H48N4O4/c40-32(36-30-20-12-10-18-28(30)34(42)38-24-14-4-5-15-25-38)22-8-2-1-3-9-23-33(41)37-31-21-13-11-19-29(31)35(43)39-26-16-6-7-17-27-39/h10-13,18-21H,1-9,14-17,22-27H2,(H,36,40)(H,37,41). The lowest BCUT2D eigenvalue weighted by Crippen LogP contribution is -2.32. The summed E-state index contributed by atoms with van der Waals surface area (Å²) in [5.41, 5.74) is 2.29. The smallest absolute Gasteiger partial charge is 0.255 e. The SMILES string of the molecule is O=C(CCCCCCCC(=O)Nc1ccccc1C(=O)N1CCCCCC1)Nc1ccccc1C(=O)N1CCCCCC1. The van der Waals surface area contributed by atoms with Crippen LogP contribution in [0.2, 0.25) is 0 Å². The van der Waals surface area contributed by atoms with Crippen LogP contribution in [0.25, 0.3) is 0 Å². The Morgan fingerprint density at radius 2 is 0.837 bits per heavy atom. The van der Waals surface area contributed by atoms with Gasteiger partial charge in [-0.3, -0.25) is 19.2 Å². The Morgan fingerprint density at radius 1 is 0.488 bits per heavy atom. The molecule has 0 bridgehead atoms. The zero-order valence-corrected chi connectivity index (χ0v) is 25.6. The second-order valence-electron chi connectivity index (χ2n) is 11.9. The van der Waals surface area contributed by atoms with Crippen molar-refractivity contribution < 1.29 is 19.2 Å². The number of nitrogens with zero attached hydrogens (tertiary/aromatic N) is 2. The molecule has 2 aromatic rings. The molecule has 0 aromatic heterocycles. The van der Waals surface area contributed by atoms with Crippen LogP contribution < -0.4 is 10.6 Å². The largest absolute Gasteiger partial charge is 0.339 e. The van der Waals surface area contributed by atoms with Crippen LogP contribution in [0.1, 0.15) is 117 Å². The van der Waals surface area contributed by atoms with Crippen LogP contribution in [-0.2, 0) is 9.59 Å². The number of carbonyl (C=O) groups is 4. The molecule has 4 rings (SSSR count). The highest BCUT2D eigenvalue weighted by Crippen LogP contribution is 2.22. The van der Waals surface area contributed by atoms with E-state index in [0.717, 1.165) is 110 Å². The third kappa shape index (κ3) is 10.2. The van der Waals surface area contributed by atoms with Gasteiger partial charge in [0.2, 0.25) is 11.8 Å². The molecule has 43 heavy (non-hydrogen) atoms. The minimum absolute atomic E-state index is 0.00525. The van der Waals surface area contributed by atoms with Crippen LogP contribution in [0.15, 0.2) is 48.5 Å². The maximum absolute atomic E-state index is 13.1. The summed E-state index contributed by atoms with van der Waals surface area (Å²) >= 11 is 0. The van der Waals surface area contributed by atoms with Gasteiger partial charge < -0.3 is 20.4 Å². The molecule has 2 fully saturated rings. The molecule has 0 spiro atoms. The first-order valence-corrected chi connectivity index (χ1v) is 16.4. The fourth-order valence-electron chi connectivity index (χ4n) is 5.97. The number of benzene rings is 2. The van der Waals surface area contributed by atoms with E-state index in [0.29, 0.717) is 35.3 Å². The number of anilines is 2. The summed E-state index contributed by atoms with van der Waals surface area (Å²) in [6, 6.07) is 14.6. The summed E-state index contributed by atoms with van der Waals surface area (Å²) in [6.45, 7) is 3.09. The zero-order valence-electron chi connectivity index (χ0n) is 25.6. The average Bonchev–Trinajstić information content (AvgIpc) is 3.47. The predicted octanol–water partition coefficient (Wildman–Crippen LogP) is 7.03. The number of carbonyl (C=O) groups excluding carboxylic acids is 4. The van der Waals surface area contributed by atoms with Crippen molar-refractivity contribution in [3.63, 3.8) is 0 Å². The van der Waals surface area contributed by atoms with E-state index in [9.17, 15) is 19.2 Å². The van der Waals surface area contributed by atoms with Crippen LogP contribution >= 0.6 is 0 Å². The van der Waals surface area contributed by atoms with Gasteiger partial charge in [0.1, 0.15) is 0 Å². The average molecular weight is 589 g/mol. The van der Waals surface area contributed by atoms with E-state index in [-0.39, 0.29) is 23.6 Å². The molecule has 0 aliphatic carbocycles. The normalized spacial score (nSPS) is 15.7. The van der Waals surface area contributed by atoms with Crippen molar-refractivity contribution in [2.75, 3.05) is 36.8 Å². The van der Waals surface area contributed by atoms with Gasteiger partial charge in [-0.25, -0.2) is 0 Å². The van der Waals surface area contributed by atoms with Gasteiger partial charge in [-0.05, 0) is 62.8 Å². The van der Waals surface area contributed by atoms with Crippen molar-refractivity contribution in [3.8, 4) is 0 Å². The van der Waals surface area contributed by atoms with E-state index < -0.39 is 0 Å². The molecule has 2 aromatic carbocycles. The number of hydrogen-bond donors (Lipinski definition) is 2. The van der Waals surface area contributed by atoms with Gasteiger partial charge in [-0.2, -0.15) is 0 Å². The van der Waals surface area contributed by atoms with Gasteiger partial charge in [-0.15, -0.1) is 0 Å². The summed E-state index contributed by atoms with van der Waals surface area (Å²) < 4.78 is 0. The van der Waals surface area contributed by atoms with Gasteiger partial charge >= 0.3 is 0 Å². The lowest BCUT2D eigenvalue weighted by molar-refractivity contribution is -0.117. The van der Waals surface area contributed by atoms with Crippen LogP contribution in [0.5, 0.6) is 0 Å². The summed E-state index contributed by atoms with van der Waals surface area (Å²) in [6.07, 6.45) is 13.8. The van der Waals surface area contributed by atoms with E-state index in [1.807, 2.05) is 34.1 Å². The minimum atomic E-state index is -0.0797. The van der Waals surface area contributed by atoms with Crippen molar-refractivity contribution in [2.24, 2.45) is 0 Å². The molecule has 0 saturated carbocycles. The molecular weight excluding hydrogens is 540 g/mol. The number of hydrogen-bond acceptors (Lipinski definition) is 4. The van der Waals surface area contributed by atoms with Crippen molar-refractivity contribution in [1.29, 1.82) is 0 Å². The van der Waals surface area contributed by atoms with Gasteiger partial charge in [0.15, 0.2) is 0 Å². The van der Waals surface area contributed by atoms with Gasteiger partial charge in [0, 0.05) is 39.0 Å². The minimum Gasteiger partial charge on any atom is -0.339 e. The summed E-state index contributed by atoms with van der Waals surface area (Å²) in [7, 11) is 0. The Kier molecular flexibility index (Phi) is 13.1. The van der Waals surface area contributed by atoms with E-state index in [1.165, 1.54) is 0 Å². The first-order chi connectivity index (χ1) is 21.0. The van der Waals surface area contributed by atoms with Crippen LogP contribution in [0.4, 0.5) is 11.4 Å². The quantitative estimate of drug-likeness (QED) is 0.260. The third-order valence-corrected chi connectivity index (χ3v) is 8.46. The second-order valence-corrected chi connectivity index (χ2v) is 11.9. The zero-order chi connectivity index (χ0) is 30.3. The highest BCUT2D eigenvalue weighted by Gasteiger charge is 2.22. The second kappa shape index (κ2) is 17.4. The number of para-hydroxylation sites is 2. The Balaban J connectivity index is 1.13. The fourth-order valence-corrected chi connectivity index (χ4v) is 5.97. The molecule has 0 atom stereocenters.